The third kappa shape index (κ3) is 2.32. The summed E-state index contributed by atoms with van der Waals surface area (Å²) in [7, 11) is 1.49. The number of carbonyl (C=O) groups excluding carboxylic acids is 1. The van der Waals surface area contributed by atoms with Crippen molar-refractivity contribution < 1.29 is 14.6 Å². The fraction of sp³-hybridized carbons (Fsp3) is 0.200. The zero-order valence-corrected chi connectivity index (χ0v) is 13.0. The summed E-state index contributed by atoms with van der Waals surface area (Å²) in [6.07, 6.45) is 2.26. The molecular formula is C15H12ClNO3S. The van der Waals surface area contributed by atoms with E-state index in [-0.39, 0.29) is 10.8 Å². The fourth-order valence-corrected chi connectivity index (χ4v) is 3.41. The van der Waals surface area contributed by atoms with Crippen molar-refractivity contribution in [2.75, 3.05) is 7.11 Å². The molecule has 0 atom stereocenters. The lowest BCUT2D eigenvalue weighted by molar-refractivity contribution is 0.102. The van der Waals surface area contributed by atoms with Gasteiger partial charge in [-0.3, -0.25) is 9.79 Å². The number of ether oxygens (including phenoxy) is 1. The molecule has 2 aliphatic rings. The van der Waals surface area contributed by atoms with Crippen molar-refractivity contribution in [3.8, 4) is 5.06 Å². The molecule has 1 aromatic rings. The van der Waals surface area contributed by atoms with Crippen LogP contribution in [0.5, 0.6) is 5.06 Å². The second kappa shape index (κ2) is 5.16. The third-order valence-electron chi connectivity index (χ3n) is 3.36. The Morgan fingerprint density at radius 3 is 2.90 bits per heavy atom. The summed E-state index contributed by atoms with van der Waals surface area (Å²) in [5, 5.41) is 11.5. The summed E-state index contributed by atoms with van der Waals surface area (Å²) in [5.41, 5.74) is 3.34. The van der Waals surface area contributed by atoms with Crippen LogP contribution in [-0.2, 0) is 4.74 Å². The molecule has 0 unspecified atom stereocenters. The van der Waals surface area contributed by atoms with E-state index in [0.717, 1.165) is 28.3 Å². The first kappa shape index (κ1) is 14.1. The molecule has 0 aromatic carbocycles. The summed E-state index contributed by atoms with van der Waals surface area (Å²) in [6, 6.07) is 1.44. The van der Waals surface area contributed by atoms with E-state index in [0.29, 0.717) is 28.3 Å². The zero-order chi connectivity index (χ0) is 15.1. The maximum absolute atomic E-state index is 12.6. The number of aliphatic imine (C=N–C) groups is 1. The Kier molecular flexibility index (Phi) is 3.47. The highest BCUT2D eigenvalue weighted by atomic mass is 35.5. The van der Waals surface area contributed by atoms with Crippen LogP contribution < -0.4 is 0 Å². The molecule has 1 aliphatic heterocycles. The molecule has 0 fully saturated rings. The van der Waals surface area contributed by atoms with Crippen molar-refractivity contribution in [2.45, 2.75) is 13.3 Å². The Hall–Kier alpha value is -1.85. The van der Waals surface area contributed by atoms with E-state index in [1.165, 1.54) is 13.2 Å². The van der Waals surface area contributed by atoms with Crippen molar-refractivity contribution in [1.29, 1.82) is 0 Å². The summed E-state index contributed by atoms with van der Waals surface area (Å²) in [6.45, 7) is 1.88. The van der Waals surface area contributed by atoms with Gasteiger partial charge in [-0.15, -0.1) is 11.3 Å². The highest BCUT2D eigenvalue weighted by Gasteiger charge is 2.31. The molecule has 1 aliphatic carbocycles. The van der Waals surface area contributed by atoms with Gasteiger partial charge < -0.3 is 9.84 Å². The number of carbonyl (C=O) groups is 1. The highest BCUT2D eigenvalue weighted by molar-refractivity contribution is 7.12. The zero-order valence-electron chi connectivity index (χ0n) is 11.4. The number of nitrogens with zero attached hydrogens (tertiary/aromatic N) is 1. The molecule has 1 N–H and O–H groups in total. The SMILES string of the molecule is COC1=C(C(=O)c2csc(O)c2)CC2=NC(C)=CC2=C1Cl. The molecule has 0 saturated heterocycles. The van der Waals surface area contributed by atoms with E-state index in [4.69, 9.17) is 16.3 Å². The van der Waals surface area contributed by atoms with Crippen molar-refractivity contribution >= 4 is 34.4 Å². The van der Waals surface area contributed by atoms with Crippen molar-refractivity contribution in [3.05, 3.63) is 50.7 Å². The lowest BCUT2D eigenvalue weighted by Gasteiger charge is -2.19. The molecule has 3 rings (SSSR count). The number of Topliss-reactive ketones (excluding diaryl/α,β-unsaturated/α-hetero) is 1. The Balaban J connectivity index is 2.08. The molecule has 1 aromatic heterocycles. The number of ketones is 1. The monoisotopic (exact) mass is 321 g/mol. The lowest BCUT2D eigenvalue weighted by Crippen LogP contribution is -2.17. The molecule has 0 radical (unpaired) electrons. The standard InChI is InChI=1S/C15H12ClNO3S/c1-7-3-9-11(17-7)5-10(15(20-2)13(9)16)14(19)8-4-12(18)21-6-8/h3-4,6,18H,5H2,1-2H3. The predicted molar refractivity (Wildman–Crippen MR) is 83.0 cm³/mol. The maximum atomic E-state index is 12.6. The third-order valence-corrected chi connectivity index (χ3v) is 4.46. The predicted octanol–water partition coefficient (Wildman–Crippen LogP) is 3.79. The van der Waals surface area contributed by atoms with E-state index in [2.05, 4.69) is 4.99 Å². The van der Waals surface area contributed by atoms with Crippen molar-refractivity contribution in [2.24, 2.45) is 4.99 Å². The number of hydrogen-bond acceptors (Lipinski definition) is 5. The number of hydrogen-bond donors (Lipinski definition) is 1. The minimum absolute atomic E-state index is 0.103. The minimum atomic E-state index is -0.201. The Morgan fingerprint density at radius 1 is 1.52 bits per heavy atom. The van der Waals surface area contributed by atoms with Gasteiger partial charge in [0.1, 0.15) is 5.76 Å². The smallest absolute Gasteiger partial charge is 0.194 e. The minimum Gasteiger partial charge on any atom is -0.499 e. The quantitative estimate of drug-likeness (QED) is 0.862. The fourth-order valence-electron chi connectivity index (χ4n) is 2.44. The Bertz CT molecular complexity index is 768. The van der Waals surface area contributed by atoms with Crippen LogP contribution in [-0.4, -0.2) is 23.7 Å². The van der Waals surface area contributed by atoms with Crippen LogP contribution in [0, 0.1) is 0 Å². The number of methoxy groups -OCH3 is 1. The van der Waals surface area contributed by atoms with E-state index in [9.17, 15) is 9.90 Å². The summed E-state index contributed by atoms with van der Waals surface area (Å²) < 4.78 is 5.33. The van der Waals surface area contributed by atoms with E-state index in [1.54, 1.807) is 5.38 Å². The normalized spacial score (nSPS) is 17.7. The molecular weight excluding hydrogens is 310 g/mol. The molecule has 0 spiro atoms. The van der Waals surface area contributed by atoms with Gasteiger partial charge in [-0.2, -0.15) is 0 Å². The summed E-state index contributed by atoms with van der Waals surface area (Å²) in [5.74, 6) is 0.181. The number of halogens is 1. The first-order valence-electron chi connectivity index (χ1n) is 6.27. The lowest BCUT2D eigenvalue weighted by atomic mass is 9.91. The van der Waals surface area contributed by atoms with Gasteiger partial charge in [-0.25, -0.2) is 0 Å². The van der Waals surface area contributed by atoms with Crippen LogP contribution in [0.25, 0.3) is 0 Å². The second-order valence-corrected chi connectivity index (χ2v) is 6.03. The van der Waals surface area contributed by atoms with Gasteiger partial charge >= 0.3 is 0 Å². The summed E-state index contributed by atoms with van der Waals surface area (Å²) in [4.78, 5) is 17.0. The molecule has 0 bridgehead atoms. The molecule has 2 heterocycles. The number of fused-ring (bicyclic) bond motifs is 1. The van der Waals surface area contributed by atoms with Gasteiger partial charge in [0.15, 0.2) is 10.8 Å². The average Bonchev–Trinajstić information content (AvgIpc) is 3.03. The number of rotatable bonds is 3. The molecule has 0 amide bonds. The Morgan fingerprint density at radius 2 is 2.29 bits per heavy atom. The van der Waals surface area contributed by atoms with Crippen LogP contribution in [0.4, 0.5) is 0 Å². The molecule has 6 heteroatoms. The molecule has 21 heavy (non-hydrogen) atoms. The van der Waals surface area contributed by atoms with Gasteiger partial charge in [-0.1, -0.05) is 11.6 Å². The summed E-state index contributed by atoms with van der Waals surface area (Å²) >= 11 is 7.46. The maximum Gasteiger partial charge on any atom is 0.194 e. The molecule has 108 valence electrons. The van der Waals surface area contributed by atoms with Crippen LogP contribution in [0.2, 0.25) is 0 Å². The van der Waals surface area contributed by atoms with Crippen LogP contribution >= 0.6 is 22.9 Å². The van der Waals surface area contributed by atoms with Gasteiger partial charge in [-0.05, 0) is 13.0 Å². The van der Waals surface area contributed by atoms with Crippen LogP contribution in [0.3, 0.4) is 0 Å². The van der Waals surface area contributed by atoms with E-state index < -0.39 is 0 Å². The number of allylic oxidation sites excluding steroid dienone is 5. The topological polar surface area (TPSA) is 58.9 Å². The first-order valence-corrected chi connectivity index (χ1v) is 7.52. The highest BCUT2D eigenvalue weighted by Crippen LogP contribution is 2.38. The van der Waals surface area contributed by atoms with Gasteiger partial charge in [0, 0.05) is 40.3 Å². The molecule has 4 nitrogen and oxygen atoms in total. The average molecular weight is 322 g/mol. The van der Waals surface area contributed by atoms with Crippen molar-refractivity contribution in [3.63, 3.8) is 0 Å². The van der Waals surface area contributed by atoms with E-state index >= 15 is 0 Å². The van der Waals surface area contributed by atoms with Crippen LogP contribution in [0.1, 0.15) is 23.7 Å². The number of aromatic hydroxyl groups is 1. The van der Waals surface area contributed by atoms with Crippen LogP contribution in [0.15, 0.2) is 50.1 Å². The van der Waals surface area contributed by atoms with Gasteiger partial charge in [0.05, 0.1) is 17.9 Å². The molecule has 0 saturated carbocycles. The van der Waals surface area contributed by atoms with Gasteiger partial charge in [0.2, 0.25) is 0 Å². The van der Waals surface area contributed by atoms with E-state index in [1.807, 2.05) is 13.0 Å². The van der Waals surface area contributed by atoms with Gasteiger partial charge in [0.25, 0.3) is 0 Å². The Labute approximate surface area is 130 Å². The second-order valence-electron chi connectivity index (χ2n) is 4.76. The first-order chi connectivity index (χ1) is 10.0. The van der Waals surface area contributed by atoms with Crippen molar-refractivity contribution in [1.82, 2.24) is 0 Å². The largest absolute Gasteiger partial charge is 0.499 e. The number of thiophene rings is 1.